The predicted octanol–water partition coefficient (Wildman–Crippen LogP) is 15.4. The monoisotopic (exact) mass is 1690 g/mol. The number of hydrogen-bond donors (Lipinski definition) is 8. The minimum absolute atomic E-state index is 0. The van der Waals surface area contributed by atoms with Crippen LogP contribution in [0.4, 0.5) is 27.1 Å². The van der Waals surface area contributed by atoms with Gasteiger partial charge in [-0.05, 0) is 192 Å². The number of hydrogen-bond acceptors (Lipinski definition) is 18. The molecule has 8 rings (SSSR count). The van der Waals surface area contributed by atoms with E-state index in [4.69, 9.17) is 25.8 Å². The lowest BCUT2D eigenvalue weighted by Gasteiger charge is -2.15. The molecule has 4 unspecified atom stereocenters. The maximum atomic E-state index is 13.4. The van der Waals surface area contributed by atoms with Gasteiger partial charge in [-0.25, -0.2) is 61.9 Å². The lowest BCUT2D eigenvalue weighted by molar-refractivity contribution is -0.118. The zero-order chi connectivity index (χ0) is 81.2. The third-order valence-electron chi connectivity index (χ3n) is 16.3. The molecule has 114 heavy (non-hydrogen) atoms. The third kappa shape index (κ3) is 38.0. The van der Waals surface area contributed by atoms with Gasteiger partial charge in [0.25, 0.3) is 17.7 Å². The summed E-state index contributed by atoms with van der Waals surface area (Å²) in [6, 6.07) is 51.6. The Hall–Kier alpha value is -8.89. The van der Waals surface area contributed by atoms with Crippen LogP contribution in [0, 0.1) is 5.82 Å². The molecular weight excluding hydrogens is 1580 g/mol. The molecule has 32 heteroatoms. The minimum Gasteiger partial charge on any atom is -0.484 e. The molecule has 4 amide bonds. The Kier molecular flexibility index (Phi) is 46.3. The van der Waals surface area contributed by atoms with Crippen molar-refractivity contribution >= 4 is 110 Å². The summed E-state index contributed by atoms with van der Waals surface area (Å²) in [7, 11) is -13.1. The second kappa shape index (κ2) is 51.1. The predicted molar refractivity (Wildman–Crippen MR) is 463 cm³/mol. The summed E-state index contributed by atoms with van der Waals surface area (Å²) in [6.07, 6.45) is 4.76. The number of rotatable bonds is 36. The molecule has 6 aromatic carbocycles. The topological polar surface area (TPSA) is 355 Å². The van der Waals surface area contributed by atoms with E-state index in [1.165, 1.54) is 30.1 Å². The van der Waals surface area contributed by atoms with E-state index < -0.39 is 72.8 Å². The van der Waals surface area contributed by atoms with Gasteiger partial charge in [-0.15, -0.1) is 11.8 Å². The first-order valence-electron chi connectivity index (χ1n) is 35.3. The number of aromatic nitrogens is 2. The van der Waals surface area contributed by atoms with E-state index in [-0.39, 0.29) is 108 Å². The fraction of sp³-hybridized carbons (Fsp3) is 0.390. The van der Waals surface area contributed by atoms with Crippen LogP contribution in [0.25, 0.3) is 0 Å². The number of nitrogens with one attached hydrogen (secondary N) is 8. The van der Waals surface area contributed by atoms with Crippen LogP contribution in [-0.2, 0) is 59.3 Å². The van der Waals surface area contributed by atoms with Crippen molar-refractivity contribution < 1.29 is 71.5 Å². The fourth-order valence-corrected chi connectivity index (χ4v) is 13.1. The Balaban J connectivity index is 0.000000752. The highest BCUT2D eigenvalue weighted by atomic mass is 35.5. The summed E-state index contributed by atoms with van der Waals surface area (Å²) in [6.45, 7) is 21.6. The van der Waals surface area contributed by atoms with E-state index in [1.807, 2.05) is 119 Å². The number of thioether (sulfide) groups is 1. The van der Waals surface area contributed by atoms with Crippen LogP contribution < -0.4 is 54.4 Å². The second-order valence-corrected chi connectivity index (χ2v) is 37.2. The van der Waals surface area contributed by atoms with Crippen LogP contribution in [0.2, 0.25) is 5.02 Å². The quantitative estimate of drug-likeness (QED) is 0.0169. The van der Waals surface area contributed by atoms with Gasteiger partial charge in [-0.1, -0.05) is 142 Å². The highest BCUT2D eigenvalue weighted by Gasteiger charge is 2.22. The number of carbonyl (C=O) groups excluding carboxylic acids is 4. The molecule has 628 valence electrons. The number of ether oxygens (including phenoxy) is 3. The van der Waals surface area contributed by atoms with Crippen LogP contribution in [-0.4, -0.2) is 140 Å². The first-order valence-corrected chi connectivity index (χ1v) is 42.8. The molecule has 4 atom stereocenters. The van der Waals surface area contributed by atoms with Crippen molar-refractivity contribution in [2.75, 3.05) is 73.0 Å². The largest absolute Gasteiger partial charge is 0.484 e. The molecule has 2 aromatic heterocycles. The molecule has 0 aliphatic rings. The van der Waals surface area contributed by atoms with Crippen LogP contribution in [0.15, 0.2) is 199 Å². The van der Waals surface area contributed by atoms with Crippen molar-refractivity contribution in [3.8, 4) is 17.4 Å². The molecular formula is C82H116ClFN10O15S5. The van der Waals surface area contributed by atoms with Crippen LogP contribution in [0.5, 0.6) is 17.4 Å². The van der Waals surface area contributed by atoms with Crippen LogP contribution in [0.3, 0.4) is 0 Å². The summed E-state index contributed by atoms with van der Waals surface area (Å²) < 4.78 is 134. The number of pyridine rings is 2. The van der Waals surface area contributed by atoms with Crippen molar-refractivity contribution in [3.05, 3.63) is 228 Å². The molecule has 8 aromatic rings. The molecule has 0 bridgehead atoms. The van der Waals surface area contributed by atoms with Crippen LogP contribution in [0.1, 0.15) is 159 Å². The Labute approximate surface area is 685 Å². The SMILES string of the molecule is C.C.C.C.CC(CNS(=O)(=O)C(C)C)c1ccc(NC(=O)COc2ccc(Cl)c(F)c2)cc1.CC(CNS(=O)(=O)C(C)C)c1ccc(NC(=O)COc2ccccn2)cc1.CC(CNS(=O)(=O)C(C)C)c1ccc(NC(=O)COc2cccnc2)cc1.CC(CNS(=O)(=O)C(C)C)c1ccc(NC(=O)CSc2ccccc2)cc1. The first kappa shape index (κ1) is 103. The molecule has 0 saturated heterocycles. The van der Waals surface area contributed by atoms with E-state index in [1.54, 1.807) is 135 Å². The van der Waals surface area contributed by atoms with Crippen molar-refractivity contribution in [2.45, 2.75) is 162 Å². The van der Waals surface area contributed by atoms with Gasteiger partial charge < -0.3 is 35.5 Å². The van der Waals surface area contributed by atoms with Gasteiger partial charge in [0.2, 0.25) is 51.9 Å². The Morgan fingerprint density at radius 2 is 0.728 bits per heavy atom. The van der Waals surface area contributed by atoms with E-state index in [2.05, 4.69) is 50.1 Å². The molecule has 0 radical (unpaired) electrons. The van der Waals surface area contributed by atoms with E-state index in [0.717, 1.165) is 38.9 Å². The van der Waals surface area contributed by atoms with Gasteiger partial charge >= 0.3 is 0 Å². The first-order chi connectivity index (χ1) is 51.9. The number of halogens is 2. The zero-order valence-electron chi connectivity index (χ0n) is 63.6. The fourth-order valence-electron chi connectivity index (χ4n) is 9.01. The van der Waals surface area contributed by atoms with Gasteiger partial charge in [0, 0.05) is 78.4 Å². The maximum absolute atomic E-state index is 13.4. The van der Waals surface area contributed by atoms with Crippen molar-refractivity contribution in [3.63, 3.8) is 0 Å². The molecule has 0 fully saturated rings. The molecule has 0 spiro atoms. The van der Waals surface area contributed by atoms with Gasteiger partial charge in [-0.3, -0.25) is 24.2 Å². The van der Waals surface area contributed by atoms with Crippen LogP contribution >= 0.6 is 23.4 Å². The summed E-state index contributed by atoms with van der Waals surface area (Å²) in [5.74, 6) is -0.141. The number of nitrogens with zero attached hydrogens (tertiary/aromatic N) is 2. The third-order valence-corrected chi connectivity index (χ3v) is 24.8. The van der Waals surface area contributed by atoms with Crippen molar-refractivity contribution in [1.29, 1.82) is 0 Å². The Bertz CT molecular complexity index is 4300. The molecule has 8 N–H and O–H groups in total. The average molecular weight is 1700 g/mol. The highest BCUT2D eigenvalue weighted by Crippen LogP contribution is 2.25. The smallest absolute Gasteiger partial charge is 0.262 e. The number of sulfonamides is 4. The molecule has 0 aliphatic carbocycles. The number of benzene rings is 6. The maximum Gasteiger partial charge on any atom is 0.262 e. The molecule has 0 aliphatic heterocycles. The standard InChI is InChI=1S/C20H24ClFN2O4S.C20H26N2O3S2.2C19H25N3O4S.4CH4/c1-13(2)29(26,27)23-11-14(3)15-4-6-16(7-5-15)24-20(25)12-28-17-8-9-18(21)19(22)10-17;1-15(2)27(24,25)21-13-16(3)17-9-11-18(12-10-17)22-20(23)14-26-19-7-5-4-6-8-19;1-14(2)27(24,25)21-11-15(3)16-6-8-17(9-7-16)22-19(23)13-26-18-5-4-10-20-12-18;1-14(2)27(24,25)21-12-15(3)16-7-9-17(10-8-16)22-18(23)13-26-19-6-4-5-11-20-19;;;;/h4-10,13-14,23H,11-12H2,1-3H3,(H,24,25);4-12,15-16,21H,13-14H2,1-3H3,(H,22,23);4-10,12,14-15,21H,11,13H2,1-3H3,(H,22,23);4-11,14-15,21H,12-13H2,1-3H3,(H,22,23);4*1H4. The molecule has 0 saturated carbocycles. The highest BCUT2D eigenvalue weighted by molar-refractivity contribution is 8.00. The number of anilines is 4. The minimum atomic E-state index is -3.31. The van der Waals surface area contributed by atoms with Gasteiger partial charge in [-0.2, -0.15) is 0 Å². The van der Waals surface area contributed by atoms with E-state index in [0.29, 0.717) is 54.1 Å². The Morgan fingerprint density at radius 3 is 1.04 bits per heavy atom. The summed E-state index contributed by atoms with van der Waals surface area (Å²) >= 11 is 7.09. The van der Waals surface area contributed by atoms with Gasteiger partial charge in [0.15, 0.2) is 19.8 Å². The Morgan fingerprint density at radius 1 is 0.395 bits per heavy atom. The summed E-state index contributed by atoms with van der Waals surface area (Å²) in [5.41, 5.74) is 6.49. The summed E-state index contributed by atoms with van der Waals surface area (Å²) in [5, 5.41) is 9.18. The van der Waals surface area contributed by atoms with Gasteiger partial charge in [0.05, 0.1) is 38.0 Å². The molecule has 2 heterocycles. The summed E-state index contributed by atoms with van der Waals surface area (Å²) in [4.78, 5) is 56.9. The normalized spacial score (nSPS) is 12.2. The van der Waals surface area contributed by atoms with E-state index in [9.17, 15) is 57.2 Å². The van der Waals surface area contributed by atoms with E-state index >= 15 is 0 Å². The number of amides is 4. The molecule has 25 nitrogen and oxygen atoms in total. The van der Waals surface area contributed by atoms with Gasteiger partial charge in [0.1, 0.15) is 17.3 Å². The number of carbonyl (C=O) groups is 4. The zero-order valence-corrected chi connectivity index (χ0v) is 68.4. The van der Waals surface area contributed by atoms with Crippen molar-refractivity contribution in [2.24, 2.45) is 0 Å². The lowest BCUT2D eigenvalue weighted by Crippen LogP contribution is -2.33. The lowest BCUT2D eigenvalue weighted by atomic mass is 10.0. The van der Waals surface area contributed by atoms with Crippen molar-refractivity contribution in [1.82, 2.24) is 28.9 Å². The average Bonchev–Trinajstić information content (AvgIpc) is 0.884. The second-order valence-electron chi connectivity index (χ2n) is 26.5.